The van der Waals surface area contributed by atoms with E-state index in [4.69, 9.17) is 10.2 Å². The molecule has 0 atom stereocenters. The molecular weight excluding hydrogens is 202 g/mol. The van der Waals surface area contributed by atoms with Crippen molar-refractivity contribution in [2.75, 3.05) is 11.9 Å². The van der Waals surface area contributed by atoms with Gasteiger partial charge in [-0.25, -0.2) is 0 Å². The summed E-state index contributed by atoms with van der Waals surface area (Å²) in [5, 5.41) is 0. The monoisotopic (exact) mass is 223 g/mol. The molecule has 16 heavy (non-hydrogen) atoms. The van der Waals surface area contributed by atoms with E-state index in [1.54, 1.807) is 6.26 Å². The number of rotatable bonds is 3. The average molecular weight is 223 g/mol. The highest BCUT2D eigenvalue weighted by molar-refractivity contribution is 5.27. The maximum atomic E-state index is 5.53. The third-order valence-electron chi connectivity index (χ3n) is 3.42. The number of oxazole rings is 1. The smallest absolute Gasteiger partial charge is 0.297 e. The van der Waals surface area contributed by atoms with Gasteiger partial charge < -0.3 is 15.1 Å². The van der Waals surface area contributed by atoms with Crippen LogP contribution < -0.4 is 10.6 Å². The van der Waals surface area contributed by atoms with Crippen molar-refractivity contribution >= 4 is 6.01 Å². The second-order valence-corrected chi connectivity index (χ2v) is 4.58. The molecule has 1 fully saturated rings. The third-order valence-corrected chi connectivity index (χ3v) is 3.42. The van der Waals surface area contributed by atoms with Gasteiger partial charge in [-0.05, 0) is 12.8 Å². The molecule has 0 spiro atoms. The Hall–Kier alpha value is -1.03. The van der Waals surface area contributed by atoms with Gasteiger partial charge in [0.2, 0.25) is 0 Å². The Bertz CT molecular complexity index is 316. The maximum Gasteiger partial charge on any atom is 0.297 e. The van der Waals surface area contributed by atoms with E-state index < -0.39 is 0 Å². The first-order valence-electron chi connectivity index (χ1n) is 6.18. The van der Waals surface area contributed by atoms with Crippen LogP contribution in [0.4, 0.5) is 6.01 Å². The van der Waals surface area contributed by atoms with Crippen LogP contribution in [0, 0.1) is 0 Å². The molecule has 1 aromatic rings. The molecule has 4 heteroatoms. The minimum atomic E-state index is 0.446. The van der Waals surface area contributed by atoms with Gasteiger partial charge in [-0.1, -0.05) is 25.7 Å². The topological polar surface area (TPSA) is 55.3 Å². The molecule has 1 aliphatic rings. The lowest BCUT2D eigenvalue weighted by Crippen LogP contribution is -2.31. The Morgan fingerprint density at radius 2 is 2.06 bits per heavy atom. The molecule has 0 amide bonds. The van der Waals surface area contributed by atoms with Crippen LogP contribution in [0.2, 0.25) is 0 Å². The number of aromatic nitrogens is 1. The first-order valence-corrected chi connectivity index (χ1v) is 6.18. The van der Waals surface area contributed by atoms with E-state index in [2.05, 4.69) is 16.9 Å². The molecule has 0 saturated heterocycles. The summed E-state index contributed by atoms with van der Waals surface area (Å²) in [7, 11) is 2.07. The molecular formula is C12H21N3O. The minimum Gasteiger partial charge on any atom is -0.432 e. The molecule has 1 aromatic heterocycles. The molecule has 0 aromatic carbocycles. The fourth-order valence-electron chi connectivity index (χ4n) is 2.35. The third kappa shape index (κ3) is 2.55. The van der Waals surface area contributed by atoms with E-state index in [1.807, 2.05) is 0 Å². The van der Waals surface area contributed by atoms with Gasteiger partial charge in [0.15, 0.2) is 0 Å². The fourth-order valence-corrected chi connectivity index (χ4v) is 2.35. The zero-order chi connectivity index (χ0) is 11.4. The van der Waals surface area contributed by atoms with Crippen LogP contribution in [0.1, 0.15) is 44.2 Å². The van der Waals surface area contributed by atoms with Crippen molar-refractivity contribution in [1.82, 2.24) is 4.98 Å². The van der Waals surface area contributed by atoms with E-state index >= 15 is 0 Å². The predicted molar refractivity (Wildman–Crippen MR) is 64.3 cm³/mol. The highest BCUT2D eigenvalue weighted by Gasteiger charge is 2.20. The van der Waals surface area contributed by atoms with Gasteiger partial charge in [0.1, 0.15) is 6.26 Å². The Labute approximate surface area is 96.8 Å². The van der Waals surface area contributed by atoms with Crippen LogP contribution in [-0.4, -0.2) is 18.1 Å². The van der Waals surface area contributed by atoms with E-state index in [1.165, 1.54) is 38.5 Å². The summed E-state index contributed by atoms with van der Waals surface area (Å²) < 4.78 is 5.45. The van der Waals surface area contributed by atoms with Gasteiger partial charge in [-0.2, -0.15) is 4.98 Å². The summed E-state index contributed by atoms with van der Waals surface area (Å²) in [5.74, 6) is 0. The quantitative estimate of drug-likeness (QED) is 0.799. The number of anilines is 1. The van der Waals surface area contributed by atoms with Crippen molar-refractivity contribution in [2.45, 2.75) is 51.1 Å². The SMILES string of the molecule is CN(c1nc(CN)co1)C1CCCCCC1. The number of nitrogens with two attached hydrogens (primary N) is 1. The van der Waals surface area contributed by atoms with Crippen molar-refractivity contribution in [3.8, 4) is 0 Å². The van der Waals surface area contributed by atoms with Crippen LogP contribution >= 0.6 is 0 Å². The Kier molecular flexibility index (Phi) is 3.83. The second kappa shape index (κ2) is 5.34. The van der Waals surface area contributed by atoms with Gasteiger partial charge in [0.05, 0.1) is 5.69 Å². The van der Waals surface area contributed by atoms with E-state index in [0.29, 0.717) is 18.6 Å². The summed E-state index contributed by atoms with van der Waals surface area (Å²) >= 11 is 0. The Balaban J connectivity index is 2.01. The number of hydrogen-bond donors (Lipinski definition) is 1. The Morgan fingerprint density at radius 1 is 1.38 bits per heavy atom. The zero-order valence-electron chi connectivity index (χ0n) is 9.98. The van der Waals surface area contributed by atoms with Gasteiger partial charge in [-0.15, -0.1) is 0 Å². The second-order valence-electron chi connectivity index (χ2n) is 4.58. The summed E-state index contributed by atoms with van der Waals surface area (Å²) in [6, 6.07) is 1.29. The standard InChI is InChI=1S/C12H21N3O/c1-15(11-6-4-2-3-5-7-11)12-14-10(8-13)9-16-12/h9,11H,2-8,13H2,1H3. The van der Waals surface area contributed by atoms with Crippen LogP contribution in [-0.2, 0) is 6.54 Å². The van der Waals surface area contributed by atoms with E-state index in [-0.39, 0.29) is 0 Å². The highest BCUT2D eigenvalue weighted by atomic mass is 16.4. The Morgan fingerprint density at radius 3 is 2.62 bits per heavy atom. The summed E-state index contributed by atoms with van der Waals surface area (Å²) in [6.07, 6.45) is 9.52. The van der Waals surface area contributed by atoms with Crippen molar-refractivity contribution < 1.29 is 4.42 Å². The normalized spacial score (nSPS) is 18.4. The highest BCUT2D eigenvalue weighted by Crippen LogP contribution is 2.24. The molecule has 1 aliphatic carbocycles. The van der Waals surface area contributed by atoms with Crippen molar-refractivity contribution in [1.29, 1.82) is 0 Å². The van der Waals surface area contributed by atoms with Crippen LogP contribution in [0.3, 0.4) is 0 Å². The lowest BCUT2D eigenvalue weighted by molar-refractivity contribution is 0.481. The van der Waals surface area contributed by atoms with Crippen molar-refractivity contribution in [3.63, 3.8) is 0 Å². The molecule has 2 rings (SSSR count). The summed E-state index contributed by atoms with van der Waals surface area (Å²) in [4.78, 5) is 6.54. The summed E-state index contributed by atoms with van der Waals surface area (Å²) in [5.41, 5.74) is 6.35. The first kappa shape index (κ1) is 11.5. The zero-order valence-corrected chi connectivity index (χ0v) is 9.98. The van der Waals surface area contributed by atoms with E-state index in [9.17, 15) is 0 Å². The maximum absolute atomic E-state index is 5.53. The van der Waals surface area contributed by atoms with Crippen LogP contribution in [0.5, 0.6) is 0 Å². The lowest BCUT2D eigenvalue weighted by atomic mass is 10.1. The van der Waals surface area contributed by atoms with E-state index in [0.717, 1.165) is 5.69 Å². The summed E-state index contributed by atoms with van der Waals surface area (Å²) in [6.45, 7) is 0.446. The van der Waals surface area contributed by atoms with Crippen molar-refractivity contribution in [3.05, 3.63) is 12.0 Å². The molecule has 0 radical (unpaired) electrons. The molecule has 2 N–H and O–H groups in total. The molecule has 1 saturated carbocycles. The number of hydrogen-bond acceptors (Lipinski definition) is 4. The lowest BCUT2D eigenvalue weighted by Gasteiger charge is -2.25. The molecule has 1 heterocycles. The van der Waals surface area contributed by atoms with Gasteiger partial charge >= 0.3 is 0 Å². The number of nitrogens with zero attached hydrogens (tertiary/aromatic N) is 2. The predicted octanol–water partition coefficient (Wildman–Crippen LogP) is 2.29. The largest absolute Gasteiger partial charge is 0.432 e. The molecule has 0 bridgehead atoms. The van der Waals surface area contributed by atoms with Gasteiger partial charge in [-0.3, -0.25) is 0 Å². The first-order chi connectivity index (χ1) is 7.81. The van der Waals surface area contributed by atoms with Gasteiger partial charge in [0.25, 0.3) is 6.01 Å². The molecule has 4 nitrogen and oxygen atoms in total. The average Bonchev–Trinajstić information content (AvgIpc) is 2.62. The van der Waals surface area contributed by atoms with Crippen molar-refractivity contribution in [2.24, 2.45) is 5.73 Å². The van der Waals surface area contributed by atoms with Gasteiger partial charge in [0, 0.05) is 19.6 Å². The molecule has 90 valence electrons. The minimum absolute atomic E-state index is 0.446. The fraction of sp³-hybridized carbons (Fsp3) is 0.750. The van der Waals surface area contributed by atoms with Crippen LogP contribution in [0.25, 0.3) is 0 Å². The van der Waals surface area contributed by atoms with Crippen LogP contribution in [0.15, 0.2) is 10.7 Å². The molecule has 0 aliphatic heterocycles. The molecule has 0 unspecified atom stereocenters.